The summed E-state index contributed by atoms with van der Waals surface area (Å²) in [6.07, 6.45) is 2.21. The second-order valence-corrected chi connectivity index (χ2v) is 6.58. The van der Waals surface area contributed by atoms with Crippen LogP contribution in [0.5, 0.6) is 11.5 Å². The predicted octanol–water partition coefficient (Wildman–Crippen LogP) is 1.70. The van der Waals surface area contributed by atoms with E-state index < -0.39 is 23.7 Å². The maximum atomic E-state index is 13.2. The standard InChI is InChI=1S/C21H24N4O5/c1-5-13-11-22-19-17(18(13)30-6-2)20(27)25(21(28)24(19)3)12-16(26)23-14-9-7-8-10-15(14)29-4/h7-11H,5-6,12H2,1-4H3,(H,23,26). The summed E-state index contributed by atoms with van der Waals surface area (Å²) in [7, 11) is 3.00. The van der Waals surface area contributed by atoms with E-state index in [-0.39, 0.29) is 11.0 Å². The van der Waals surface area contributed by atoms with Gasteiger partial charge in [0.25, 0.3) is 5.56 Å². The molecule has 30 heavy (non-hydrogen) atoms. The number of para-hydroxylation sites is 2. The van der Waals surface area contributed by atoms with E-state index in [9.17, 15) is 14.4 Å². The number of nitrogens with one attached hydrogen (secondary N) is 1. The van der Waals surface area contributed by atoms with Crippen LogP contribution in [0.1, 0.15) is 19.4 Å². The molecule has 1 N–H and O–H groups in total. The number of aryl methyl sites for hydroxylation is 2. The Hall–Kier alpha value is -3.62. The van der Waals surface area contributed by atoms with Crippen LogP contribution in [0, 0.1) is 0 Å². The van der Waals surface area contributed by atoms with Gasteiger partial charge in [-0.2, -0.15) is 0 Å². The molecule has 0 aliphatic carbocycles. The molecule has 9 nitrogen and oxygen atoms in total. The van der Waals surface area contributed by atoms with Gasteiger partial charge in [0, 0.05) is 18.8 Å². The maximum absolute atomic E-state index is 13.2. The number of carbonyl (C=O) groups is 1. The molecule has 1 aromatic carbocycles. The minimum atomic E-state index is -0.637. The highest BCUT2D eigenvalue weighted by molar-refractivity contribution is 5.92. The highest BCUT2D eigenvalue weighted by atomic mass is 16.5. The quantitative estimate of drug-likeness (QED) is 0.633. The monoisotopic (exact) mass is 412 g/mol. The van der Waals surface area contributed by atoms with Crippen molar-refractivity contribution >= 4 is 22.6 Å². The van der Waals surface area contributed by atoms with Crippen molar-refractivity contribution in [2.24, 2.45) is 7.05 Å². The Labute approximate surface area is 172 Å². The van der Waals surface area contributed by atoms with Gasteiger partial charge in [-0.3, -0.25) is 14.2 Å². The summed E-state index contributed by atoms with van der Waals surface area (Å²) >= 11 is 0. The lowest BCUT2D eigenvalue weighted by atomic mass is 10.1. The van der Waals surface area contributed by atoms with Crippen molar-refractivity contribution in [3.8, 4) is 11.5 Å². The second-order valence-electron chi connectivity index (χ2n) is 6.58. The van der Waals surface area contributed by atoms with Crippen molar-refractivity contribution in [3.05, 3.63) is 56.9 Å². The largest absolute Gasteiger partial charge is 0.495 e. The molecule has 0 fully saturated rings. The number of aromatic nitrogens is 3. The Bertz CT molecular complexity index is 1210. The number of hydrogen-bond acceptors (Lipinski definition) is 6. The van der Waals surface area contributed by atoms with Crippen LogP contribution in [0.15, 0.2) is 40.1 Å². The van der Waals surface area contributed by atoms with Gasteiger partial charge < -0.3 is 14.8 Å². The van der Waals surface area contributed by atoms with E-state index in [0.717, 1.165) is 10.1 Å². The molecule has 3 aromatic rings. The van der Waals surface area contributed by atoms with Gasteiger partial charge in [0.2, 0.25) is 5.91 Å². The van der Waals surface area contributed by atoms with Crippen LogP contribution >= 0.6 is 0 Å². The molecule has 158 valence electrons. The molecular formula is C21H24N4O5. The van der Waals surface area contributed by atoms with Gasteiger partial charge in [0.05, 0.1) is 19.4 Å². The first-order chi connectivity index (χ1) is 14.4. The molecule has 0 spiro atoms. The van der Waals surface area contributed by atoms with Gasteiger partial charge in [-0.15, -0.1) is 0 Å². The molecule has 0 unspecified atom stereocenters. The third kappa shape index (κ3) is 3.78. The van der Waals surface area contributed by atoms with E-state index in [1.54, 1.807) is 30.5 Å². The molecule has 2 aromatic heterocycles. The Morgan fingerprint density at radius 3 is 2.60 bits per heavy atom. The fourth-order valence-electron chi connectivity index (χ4n) is 3.25. The number of anilines is 1. The second kappa shape index (κ2) is 8.81. The first-order valence-corrected chi connectivity index (χ1v) is 9.59. The minimum Gasteiger partial charge on any atom is -0.495 e. The normalized spacial score (nSPS) is 10.8. The van der Waals surface area contributed by atoms with Crippen LogP contribution in [0.2, 0.25) is 0 Å². The lowest BCUT2D eigenvalue weighted by molar-refractivity contribution is -0.116. The molecule has 3 rings (SSSR count). The van der Waals surface area contributed by atoms with Crippen molar-refractivity contribution in [2.75, 3.05) is 19.0 Å². The molecule has 0 aliphatic rings. The van der Waals surface area contributed by atoms with E-state index in [2.05, 4.69) is 10.3 Å². The van der Waals surface area contributed by atoms with Gasteiger partial charge in [-0.25, -0.2) is 14.3 Å². The Morgan fingerprint density at radius 1 is 1.20 bits per heavy atom. The summed E-state index contributed by atoms with van der Waals surface area (Å²) in [5.41, 5.74) is 0.161. The van der Waals surface area contributed by atoms with Gasteiger partial charge >= 0.3 is 5.69 Å². The lowest BCUT2D eigenvalue weighted by Gasteiger charge is -2.15. The lowest BCUT2D eigenvalue weighted by Crippen LogP contribution is -2.42. The van der Waals surface area contributed by atoms with E-state index >= 15 is 0 Å². The SMILES string of the molecule is CCOc1c(CC)cnc2c1c(=O)n(CC(=O)Nc1ccccc1OC)c(=O)n2C. The van der Waals surface area contributed by atoms with Crippen LogP contribution in [0.4, 0.5) is 5.69 Å². The molecule has 1 amide bonds. The van der Waals surface area contributed by atoms with E-state index in [4.69, 9.17) is 9.47 Å². The van der Waals surface area contributed by atoms with E-state index in [1.807, 2.05) is 13.8 Å². The first kappa shape index (κ1) is 21.1. The Kier molecular flexibility index (Phi) is 6.20. The van der Waals surface area contributed by atoms with Crippen molar-refractivity contribution in [1.29, 1.82) is 0 Å². The highest BCUT2D eigenvalue weighted by Crippen LogP contribution is 2.26. The third-order valence-electron chi connectivity index (χ3n) is 4.73. The summed E-state index contributed by atoms with van der Waals surface area (Å²) in [5, 5.41) is 2.86. The van der Waals surface area contributed by atoms with E-state index in [0.29, 0.717) is 30.2 Å². The number of amides is 1. The fourth-order valence-corrected chi connectivity index (χ4v) is 3.25. The van der Waals surface area contributed by atoms with Gasteiger partial charge in [0.1, 0.15) is 23.4 Å². The summed E-state index contributed by atoms with van der Waals surface area (Å²) in [6.45, 7) is 3.63. The molecule has 0 radical (unpaired) electrons. The average Bonchev–Trinajstić information content (AvgIpc) is 2.75. The average molecular weight is 412 g/mol. The van der Waals surface area contributed by atoms with Crippen LogP contribution < -0.4 is 26.0 Å². The van der Waals surface area contributed by atoms with Gasteiger partial charge in [-0.05, 0) is 25.5 Å². The third-order valence-corrected chi connectivity index (χ3v) is 4.73. The minimum absolute atomic E-state index is 0.184. The molecule has 2 heterocycles. The molecular weight excluding hydrogens is 388 g/mol. The smallest absolute Gasteiger partial charge is 0.332 e. The molecule has 0 bridgehead atoms. The van der Waals surface area contributed by atoms with Crippen LogP contribution in [-0.4, -0.2) is 33.7 Å². The molecule has 0 saturated heterocycles. The number of hydrogen-bond donors (Lipinski definition) is 1. The van der Waals surface area contributed by atoms with Crippen molar-refractivity contribution < 1.29 is 14.3 Å². The van der Waals surface area contributed by atoms with E-state index in [1.165, 1.54) is 18.7 Å². The highest BCUT2D eigenvalue weighted by Gasteiger charge is 2.20. The molecule has 0 aliphatic heterocycles. The Balaban J connectivity index is 2.10. The number of fused-ring (bicyclic) bond motifs is 1. The summed E-state index contributed by atoms with van der Waals surface area (Å²) < 4.78 is 13.1. The summed E-state index contributed by atoms with van der Waals surface area (Å²) in [5.74, 6) is 0.333. The number of carbonyl (C=O) groups excluding carboxylic acids is 1. The number of rotatable bonds is 7. The van der Waals surface area contributed by atoms with Crippen molar-refractivity contribution in [1.82, 2.24) is 14.1 Å². The zero-order valence-electron chi connectivity index (χ0n) is 17.4. The first-order valence-electron chi connectivity index (χ1n) is 9.59. The topological polar surface area (TPSA) is 104 Å². The van der Waals surface area contributed by atoms with Gasteiger partial charge in [0.15, 0.2) is 5.65 Å². The van der Waals surface area contributed by atoms with Gasteiger partial charge in [-0.1, -0.05) is 19.1 Å². The number of ether oxygens (including phenoxy) is 2. The zero-order chi connectivity index (χ0) is 21.8. The van der Waals surface area contributed by atoms with Crippen LogP contribution in [0.25, 0.3) is 11.0 Å². The number of nitrogens with zero attached hydrogens (tertiary/aromatic N) is 3. The number of benzene rings is 1. The van der Waals surface area contributed by atoms with Crippen molar-refractivity contribution in [2.45, 2.75) is 26.8 Å². The van der Waals surface area contributed by atoms with Crippen molar-refractivity contribution in [3.63, 3.8) is 0 Å². The number of methoxy groups -OCH3 is 1. The van der Waals surface area contributed by atoms with Crippen LogP contribution in [0.3, 0.4) is 0 Å². The predicted molar refractivity (Wildman–Crippen MR) is 113 cm³/mol. The molecule has 9 heteroatoms. The fraction of sp³-hybridized carbons (Fsp3) is 0.333. The Morgan fingerprint density at radius 2 is 1.93 bits per heavy atom. The summed E-state index contributed by atoms with van der Waals surface area (Å²) in [6, 6.07) is 6.88. The zero-order valence-corrected chi connectivity index (χ0v) is 17.4. The maximum Gasteiger partial charge on any atom is 0.332 e. The molecule has 0 saturated carbocycles. The van der Waals surface area contributed by atoms with Crippen LogP contribution in [-0.2, 0) is 24.8 Å². The summed E-state index contributed by atoms with van der Waals surface area (Å²) in [4.78, 5) is 42.9. The molecule has 0 atom stereocenters. The number of pyridine rings is 1.